The van der Waals surface area contributed by atoms with Crippen LogP contribution in [0.1, 0.15) is 54.6 Å². The van der Waals surface area contributed by atoms with Crippen LogP contribution in [0.5, 0.6) is 0 Å². The van der Waals surface area contributed by atoms with E-state index < -0.39 is 0 Å². The van der Waals surface area contributed by atoms with Gasteiger partial charge >= 0.3 is 0 Å². The molecule has 2 rings (SSSR count). The summed E-state index contributed by atoms with van der Waals surface area (Å²) in [7, 11) is 0. The first kappa shape index (κ1) is 17.8. The summed E-state index contributed by atoms with van der Waals surface area (Å²) in [6, 6.07) is 10.4. The highest BCUT2D eigenvalue weighted by molar-refractivity contribution is 9.10. The van der Waals surface area contributed by atoms with Gasteiger partial charge in [0.2, 0.25) is 0 Å². The third kappa shape index (κ3) is 4.05. The third-order valence-corrected chi connectivity index (χ3v) is 5.12. The maximum absolute atomic E-state index is 12.5. The summed E-state index contributed by atoms with van der Waals surface area (Å²) < 4.78 is 6.25. The van der Waals surface area contributed by atoms with Crippen LogP contribution >= 0.6 is 15.9 Å². The fourth-order valence-corrected chi connectivity index (χ4v) is 3.58. The molecule has 0 aliphatic heterocycles. The summed E-state index contributed by atoms with van der Waals surface area (Å²) in [5, 5.41) is 3.09. The molecule has 4 heteroatoms. The molecule has 0 saturated carbocycles. The fraction of sp³-hybridized carbons (Fsp3) is 0.421. The smallest absolute Gasteiger partial charge is 0.256 e. The number of rotatable bonds is 5. The predicted molar refractivity (Wildman–Crippen MR) is 96.9 cm³/mol. The second-order valence-corrected chi connectivity index (χ2v) is 7.52. The van der Waals surface area contributed by atoms with E-state index in [4.69, 9.17) is 4.42 Å². The Hall–Kier alpha value is -1.55. The number of carbonyl (C=O) groups excluding carboxylic acids is 1. The number of hydrogen-bond acceptors (Lipinski definition) is 2. The van der Waals surface area contributed by atoms with Gasteiger partial charge in [-0.1, -0.05) is 44.2 Å². The van der Waals surface area contributed by atoms with Crippen LogP contribution in [0.25, 0.3) is 0 Å². The normalized spacial score (nSPS) is 13.0. The number of nitrogens with one attached hydrogen (secondary N) is 1. The van der Waals surface area contributed by atoms with Crippen molar-refractivity contribution in [2.45, 2.75) is 52.5 Å². The fourth-order valence-electron chi connectivity index (χ4n) is 3.04. The van der Waals surface area contributed by atoms with Crippen LogP contribution in [0.2, 0.25) is 0 Å². The second kappa shape index (κ2) is 6.91. The van der Waals surface area contributed by atoms with Gasteiger partial charge in [0.15, 0.2) is 0 Å². The number of carbonyl (C=O) groups is 1. The van der Waals surface area contributed by atoms with Crippen molar-refractivity contribution in [3.8, 4) is 0 Å². The van der Waals surface area contributed by atoms with E-state index in [1.807, 2.05) is 26.8 Å². The van der Waals surface area contributed by atoms with Gasteiger partial charge in [-0.05, 0) is 54.1 Å². The number of halogens is 1. The molecule has 1 amide bonds. The molecule has 1 aromatic carbocycles. The van der Waals surface area contributed by atoms with Crippen molar-refractivity contribution >= 4 is 21.8 Å². The van der Waals surface area contributed by atoms with E-state index in [2.05, 4.69) is 59.4 Å². The second-order valence-electron chi connectivity index (χ2n) is 6.73. The topological polar surface area (TPSA) is 42.2 Å². The minimum Gasteiger partial charge on any atom is -0.465 e. The molecule has 0 spiro atoms. The van der Waals surface area contributed by atoms with E-state index in [0.717, 1.165) is 16.7 Å². The van der Waals surface area contributed by atoms with Gasteiger partial charge in [0, 0.05) is 6.04 Å². The predicted octanol–water partition coefficient (Wildman–Crippen LogP) is 5.15. The van der Waals surface area contributed by atoms with Crippen LogP contribution in [0, 0.1) is 13.8 Å². The molecule has 0 aliphatic rings. The van der Waals surface area contributed by atoms with Gasteiger partial charge in [-0.2, -0.15) is 0 Å². The van der Waals surface area contributed by atoms with Gasteiger partial charge in [-0.3, -0.25) is 4.79 Å². The number of amides is 1. The molecule has 124 valence electrons. The maximum Gasteiger partial charge on any atom is 0.256 e. The molecular formula is C19H24BrNO2. The SMILES string of the molecule is Cc1oc(C)c(C(=O)NC(C)CC(C)(C)c2ccccc2)c1Br. The molecule has 3 nitrogen and oxygen atoms in total. The lowest BCUT2D eigenvalue weighted by Gasteiger charge is -2.29. The van der Waals surface area contributed by atoms with Gasteiger partial charge in [0.1, 0.15) is 11.5 Å². The van der Waals surface area contributed by atoms with Crippen molar-refractivity contribution in [2.75, 3.05) is 0 Å². The van der Waals surface area contributed by atoms with Crippen molar-refractivity contribution in [1.82, 2.24) is 5.32 Å². The Morgan fingerprint density at radius 1 is 1.22 bits per heavy atom. The molecule has 1 aromatic heterocycles. The highest BCUT2D eigenvalue weighted by Crippen LogP contribution is 2.30. The van der Waals surface area contributed by atoms with E-state index in [0.29, 0.717) is 11.3 Å². The average Bonchev–Trinajstić information content (AvgIpc) is 2.72. The van der Waals surface area contributed by atoms with Crippen molar-refractivity contribution in [1.29, 1.82) is 0 Å². The average molecular weight is 378 g/mol. The standard InChI is InChI=1S/C19H24BrNO2/c1-12(11-19(4,5)15-9-7-6-8-10-15)21-18(22)16-13(2)23-14(3)17(16)20/h6-10,12H,11H2,1-5H3,(H,21,22). The van der Waals surface area contributed by atoms with Crippen molar-refractivity contribution in [3.05, 3.63) is 57.5 Å². The molecule has 0 radical (unpaired) electrons. The Bertz CT molecular complexity index is 689. The number of furan rings is 1. The number of hydrogen-bond donors (Lipinski definition) is 1. The molecule has 1 N–H and O–H groups in total. The van der Waals surface area contributed by atoms with Crippen molar-refractivity contribution < 1.29 is 9.21 Å². The largest absolute Gasteiger partial charge is 0.465 e. The highest BCUT2D eigenvalue weighted by Gasteiger charge is 2.26. The molecule has 1 unspecified atom stereocenters. The van der Waals surface area contributed by atoms with E-state index in [1.54, 1.807) is 0 Å². The van der Waals surface area contributed by atoms with Crippen LogP contribution in [0.3, 0.4) is 0 Å². The molecule has 0 fully saturated rings. The number of benzene rings is 1. The summed E-state index contributed by atoms with van der Waals surface area (Å²) in [6.07, 6.45) is 0.857. The maximum atomic E-state index is 12.5. The van der Waals surface area contributed by atoms with E-state index in [1.165, 1.54) is 5.56 Å². The first-order valence-corrected chi connectivity index (χ1v) is 8.63. The Balaban J connectivity index is 2.07. The summed E-state index contributed by atoms with van der Waals surface area (Å²) in [5.41, 5.74) is 1.86. The molecule has 0 saturated heterocycles. The van der Waals surface area contributed by atoms with E-state index in [9.17, 15) is 4.79 Å². The molecule has 2 aromatic rings. The van der Waals surface area contributed by atoms with Crippen LogP contribution in [-0.4, -0.2) is 11.9 Å². The summed E-state index contributed by atoms with van der Waals surface area (Å²) >= 11 is 3.44. The van der Waals surface area contributed by atoms with Crippen LogP contribution < -0.4 is 5.32 Å². The van der Waals surface area contributed by atoms with E-state index >= 15 is 0 Å². The molecule has 1 atom stereocenters. The molecule has 1 heterocycles. The van der Waals surface area contributed by atoms with E-state index in [-0.39, 0.29) is 17.4 Å². The minimum atomic E-state index is -0.0948. The third-order valence-electron chi connectivity index (χ3n) is 4.16. The lowest BCUT2D eigenvalue weighted by Crippen LogP contribution is -2.37. The van der Waals surface area contributed by atoms with Gasteiger partial charge in [-0.15, -0.1) is 0 Å². The zero-order chi connectivity index (χ0) is 17.2. The Morgan fingerprint density at radius 2 is 1.83 bits per heavy atom. The first-order chi connectivity index (χ1) is 10.7. The van der Waals surface area contributed by atoms with Crippen molar-refractivity contribution in [2.24, 2.45) is 0 Å². The molecule has 0 aliphatic carbocycles. The van der Waals surface area contributed by atoms with Crippen LogP contribution in [0.15, 0.2) is 39.2 Å². The Kier molecular flexibility index (Phi) is 5.35. The Labute approximate surface area is 146 Å². The van der Waals surface area contributed by atoms with Crippen LogP contribution in [-0.2, 0) is 5.41 Å². The van der Waals surface area contributed by atoms with Crippen LogP contribution in [0.4, 0.5) is 0 Å². The zero-order valence-corrected chi connectivity index (χ0v) is 16.0. The lowest BCUT2D eigenvalue weighted by atomic mass is 9.79. The van der Waals surface area contributed by atoms with Gasteiger partial charge in [0.25, 0.3) is 5.91 Å². The molecule has 0 bridgehead atoms. The highest BCUT2D eigenvalue weighted by atomic mass is 79.9. The van der Waals surface area contributed by atoms with Gasteiger partial charge in [0.05, 0.1) is 10.0 Å². The van der Waals surface area contributed by atoms with Gasteiger partial charge < -0.3 is 9.73 Å². The summed E-state index contributed by atoms with van der Waals surface area (Å²) in [6.45, 7) is 10.1. The summed E-state index contributed by atoms with van der Waals surface area (Å²) in [4.78, 5) is 12.5. The number of aryl methyl sites for hydroxylation is 2. The van der Waals surface area contributed by atoms with Crippen molar-refractivity contribution in [3.63, 3.8) is 0 Å². The molecular weight excluding hydrogens is 354 g/mol. The van der Waals surface area contributed by atoms with Gasteiger partial charge in [-0.25, -0.2) is 0 Å². The quantitative estimate of drug-likeness (QED) is 0.782. The lowest BCUT2D eigenvalue weighted by molar-refractivity contribution is 0.0932. The molecule has 23 heavy (non-hydrogen) atoms. The zero-order valence-electron chi connectivity index (χ0n) is 14.4. The first-order valence-electron chi connectivity index (χ1n) is 7.84. The Morgan fingerprint density at radius 3 is 2.35 bits per heavy atom. The summed E-state index contributed by atoms with van der Waals surface area (Å²) in [5.74, 6) is 1.27. The minimum absolute atomic E-state index is 0.00739. The monoisotopic (exact) mass is 377 g/mol.